The van der Waals surface area contributed by atoms with Crippen LogP contribution in [0.25, 0.3) is 0 Å². The molecule has 0 saturated heterocycles. The molecule has 39 heavy (non-hydrogen) atoms. The van der Waals surface area contributed by atoms with Gasteiger partial charge in [0.05, 0.1) is 24.4 Å². The largest absolute Gasteiger partial charge is 0.511 e. The van der Waals surface area contributed by atoms with Crippen molar-refractivity contribution in [2.24, 2.45) is 23.7 Å². The molecule has 1 aromatic carbocycles. The number of benzene rings is 1. The van der Waals surface area contributed by atoms with Crippen LogP contribution in [0.4, 0.5) is 0 Å². The number of ketones is 3. The smallest absolute Gasteiger partial charge is 0.209 e. The molecule has 4 aliphatic rings. The van der Waals surface area contributed by atoms with Gasteiger partial charge in [-0.25, -0.2) is 0 Å². The van der Waals surface area contributed by atoms with Crippen molar-refractivity contribution in [3.63, 3.8) is 0 Å². The Morgan fingerprint density at radius 2 is 1.77 bits per heavy atom. The lowest BCUT2D eigenvalue weighted by molar-refractivity contribution is -0.165. The number of aliphatic hydroxyl groups excluding tert-OH is 3. The zero-order valence-corrected chi connectivity index (χ0v) is 22.4. The zero-order valence-electron chi connectivity index (χ0n) is 22.4. The van der Waals surface area contributed by atoms with Gasteiger partial charge in [0.2, 0.25) is 5.78 Å². The van der Waals surface area contributed by atoms with Crippen molar-refractivity contribution >= 4 is 17.3 Å². The summed E-state index contributed by atoms with van der Waals surface area (Å²) in [5.41, 5.74) is -3.51. The number of aromatic hydroxyl groups is 1. The number of Topliss-reactive ketones (excluding diaryl/α,β-unsaturated/α-hetero) is 3. The molecule has 0 heterocycles. The average molecular weight is 541 g/mol. The van der Waals surface area contributed by atoms with E-state index in [1.807, 2.05) is 0 Å². The fourth-order valence-electron chi connectivity index (χ4n) is 7.41. The second-order valence-corrected chi connectivity index (χ2v) is 11.8. The molecule has 0 aliphatic heterocycles. The first-order chi connectivity index (χ1) is 18.4. The van der Waals surface area contributed by atoms with E-state index < -0.39 is 75.7 Å². The molecule has 0 bridgehead atoms. The van der Waals surface area contributed by atoms with E-state index in [-0.39, 0.29) is 29.6 Å². The molecule has 1 fully saturated rings. The number of aliphatic hydroxyl groups is 4. The van der Waals surface area contributed by atoms with Crippen LogP contribution in [0.3, 0.4) is 0 Å². The molecule has 5 rings (SSSR count). The summed E-state index contributed by atoms with van der Waals surface area (Å²) in [5.74, 6) is -9.47. The molecule has 1 aromatic rings. The summed E-state index contributed by atoms with van der Waals surface area (Å²) in [5, 5.41) is 57.2. The maximum absolute atomic E-state index is 13.8. The molecule has 0 radical (unpaired) electrons. The van der Waals surface area contributed by atoms with Crippen LogP contribution in [0.2, 0.25) is 0 Å². The van der Waals surface area contributed by atoms with E-state index in [9.17, 15) is 39.9 Å². The maximum Gasteiger partial charge on any atom is 0.209 e. The normalized spacial score (nSPS) is 33.2. The third kappa shape index (κ3) is 3.97. The highest BCUT2D eigenvalue weighted by Crippen LogP contribution is 2.57. The van der Waals surface area contributed by atoms with Crippen molar-refractivity contribution in [2.75, 3.05) is 6.61 Å². The van der Waals surface area contributed by atoms with E-state index in [0.29, 0.717) is 5.56 Å². The predicted octanol–water partition coefficient (Wildman–Crippen LogP) is 3.43. The first-order valence-corrected chi connectivity index (χ1v) is 13.7. The van der Waals surface area contributed by atoms with Gasteiger partial charge in [-0.1, -0.05) is 45.2 Å². The minimum absolute atomic E-state index is 0.0133. The lowest BCUT2D eigenvalue weighted by atomic mass is 9.52. The summed E-state index contributed by atoms with van der Waals surface area (Å²) >= 11 is 0. The Morgan fingerprint density at radius 1 is 1.10 bits per heavy atom. The molecule has 1 saturated carbocycles. The van der Waals surface area contributed by atoms with Gasteiger partial charge in [-0.2, -0.15) is 0 Å². The van der Waals surface area contributed by atoms with Crippen LogP contribution in [0.15, 0.2) is 40.9 Å². The Hall–Kier alpha value is -3.01. The predicted molar refractivity (Wildman–Crippen MR) is 139 cm³/mol. The lowest BCUT2D eigenvalue weighted by Gasteiger charge is -2.53. The van der Waals surface area contributed by atoms with Crippen LogP contribution in [-0.2, 0) is 14.3 Å². The van der Waals surface area contributed by atoms with Gasteiger partial charge in [0, 0.05) is 29.2 Å². The van der Waals surface area contributed by atoms with E-state index >= 15 is 0 Å². The second kappa shape index (κ2) is 9.87. The zero-order chi connectivity index (χ0) is 28.4. The van der Waals surface area contributed by atoms with E-state index in [4.69, 9.17) is 4.74 Å². The highest BCUT2D eigenvalue weighted by atomic mass is 16.5. The van der Waals surface area contributed by atoms with E-state index in [1.54, 1.807) is 26.0 Å². The second-order valence-electron chi connectivity index (χ2n) is 11.8. The minimum Gasteiger partial charge on any atom is -0.511 e. The standard InChI is InChI=1S/C30H36O9/c1-13(2)19-24-27(35)22-17(12-39-15-8-5-4-6-9-15)16-10-7-11-18(32)21(16)26(34)23(22)29(37)30(24,38)28(36)20(14(3)31)25(19)33/h7,10-11,13,15,17,19,22,24,27,32-33,35,37-38H,4-6,8-9,12H2,1-3H3/t17-,19?,22+,24+,27-,30+/m1/s1. The summed E-state index contributed by atoms with van der Waals surface area (Å²) in [6.07, 6.45) is 3.34. The van der Waals surface area contributed by atoms with Crippen LogP contribution < -0.4 is 0 Å². The topological polar surface area (TPSA) is 162 Å². The first kappa shape index (κ1) is 27.6. The molecule has 6 atom stereocenters. The molecule has 5 N–H and O–H groups in total. The van der Waals surface area contributed by atoms with Crippen molar-refractivity contribution in [1.82, 2.24) is 0 Å². The molecule has 9 nitrogen and oxygen atoms in total. The molecule has 0 aromatic heterocycles. The molecule has 210 valence electrons. The number of carbonyl (C=O) groups excluding carboxylic acids is 3. The molecule has 1 unspecified atom stereocenters. The number of hydrogen-bond acceptors (Lipinski definition) is 9. The van der Waals surface area contributed by atoms with Crippen LogP contribution >= 0.6 is 0 Å². The van der Waals surface area contributed by atoms with Crippen molar-refractivity contribution < 1.29 is 44.7 Å². The van der Waals surface area contributed by atoms with Crippen molar-refractivity contribution in [1.29, 1.82) is 0 Å². The summed E-state index contributed by atoms with van der Waals surface area (Å²) < 4.78 is 6.27. The Morgan fingerprint density at radius 3 is 2.38 bits per heavy atom. The number of phenols is 1. The number of phenolic OH excluding ortho intramolecular Hbond substituents is 1. The van der Waals surface area contributed by atoms with Crippen LogP contribution in [0.5, 0.6) is 5.75 Å². The molecule has 0 spiro atoms. The molecule has 9 heteroatoms. The number of carbonyl (C=O) groups is 3. The van der Waals surface area contributed by atoms with Gasteiger partial charge in [0.25, 0.3) is 0 Å². The maximum atomic E-state index is 13.8. The Kier molecular flexibility index (Phi) is 6.97. The van der Waals surface area contributed by atoms with Crippen molar-refractivity contribution in [2.45, 2.75) is 76.6 Å². The van der Waals surface area contributed by atoms with Crippen LogP contribution in [0.1, 0.15) is 74.7 Å². The molecular weight excluding hydrogens is 504 g/mol. The minimum atomic E-state index is -2.82. The van der Waals surface area contributed by atoms with Gasteiger partial charge >= 0.3 is 0 Å². The summed E-state index contributed by atoms with van der Waals surface area (Å²) in [4.78, 5) is 39.8. The Labute approximate surface area is 226 Å². The monoisotopic (exact) mass is 540 g/mol. The fourth-order valence-corrected chi connectivity index (χ4v) is 7.41. The number of fused-ring (bicyclic) bond motifs is 3. The summed E-state index contributed by atoms with van der Waals surface area (Å²) in [6, 6.07) is 4.59. The number of hydrogen-bond donors (Lipinski definition) is 5. The molecular formula is C30H36O9. The first-order valence-electron chi connectivity index (χ1n) is 13.7. The van der Waals surface area contributed by atoms with Crippen molar-refractivity contribution in [3.8, 4) is 5.75 Å². The van der Waals surface area contributed by atoms with Gasteiger partial charge in [0.15, 0.2) is 17.2 Å². The lowest BCUT2D eigenvalue weighted by Crippen LogP contribution is -2.65. The number of rotatable bonds is 5. The number of ether oxygens (including phenoxy) is 1. The highest BCUT2D eigenvalue weighted by molar-refractivity contribution is 6.25. The van der Waals surface area contributed by atoms with Gasteiger partial charge in [-0.15, -0.1) is 0 Å². The van der Waals surface area contributed by atoms with Gasteiger partial charge < -0.3 is 30.3 Å². The summed E-state index contributed by atoms with van der Waals surface area (Å²) in [6.45, 7) is 4.55. The van der Waals surface area contributed by atoms with Gasteiger partial charge in [-0.05, 0) is 37.3 Å². The van der Waals surface area contributed by atoms with E-state index in [0.717, 1.165) is 39.0 Å². The highest BCUT2D eigenvalue weighted by Gasteiger charge is 2.67. The van der Waals surface area contributed by atoms with E-state index in [2.05, 4.69) is 0 Å². The van der Waals surface area contributed by atoms with E-state index in [1.165, 1.54) is 6.07 Å². The number of allylic oxidation sites excluding steroid dienone is 1. The van der Waals surface area contributed by atoms with Crippen molar-refractivity contribution in [3.05, 3.63) is 52.0 Å². The van der Waals surface area contributed by atoms with Crippen LogP contribution in [0, 0.1) is 23.7 Å². The Balaban J connectivity index is 1.71. The third-order valence-electron chi connectivity index (χ3n) is 9.21. The fraction of sp³-hybridized carbons (Fsp3) is 0.567. The molecule has 0 amide bonds. The quantitative estimate of drug-likeness (QED) is 0.352. The SMILES string of the molecule is CC(=O)C1=C(O)C(C(C)C)[C@H]2[C@H](O)[C@@H]3C(=C(O)[C@@]2(O)C1=O)C(=O)c1c(O)cccc1[C@H]3COC1CCCCC1. The third-order valence-corrected chi connectivity index (χ3v) is 9.21. The Bertz CT molecular complexity index is 1290. The average Bonchev–Trinajstić information content (AvgIpc) is 2.88. The van der Waals surface area contributed by atoms with Crippen LogP contribution in [-0.4, -0.2) is 67.3 Å². The van der Waals surface area contributed by atoms with Gasteiger partial charge in [-0.3, -0.25) is 14.4 Å². The molecule has 4 aliphatic carbocycles. The van der Waals surface area contributed by atoms with Gasteiger partial charge in [0.1, 0.15) is 22.8 Å². The summed E-state index contributed by atoms with van der Waals surface area (Å²) in [7, 11) is 0.